The van der Waals surface area contributed by atoms with Crippen LogP contribution in [-0.4, -0.2) is 55.8 Å². The third kappa shape index (κ3) is 4.86. The van der Waals surface area contributed by atoms with E-state index < -0.39 is 16.1 Å². The third-order valence-corrected chi connectivity index (χ3v) is 7.61. The van der Waals surface area contributed by atoms with Gasteiger partial charge in [-0.2, -0.15) is 4.31 Å². The Labute approximate surface area is 181 Å². The number of halogens is 2. The van der Waals surface area contributed by atoms with E-state index in [1.54, 1.807) is 24.0 Å². The van der Waals surface area contributed by atoms with Crippen LogP contribution in [0.1, 0.15) is 12.5 Å². The van der Waals surface area contributed by atoms with Crippen molar-refractivity contribution in [3.63, 3.8) is 0 Å². The zero-order valence-corrected chi connectivity index (χ0v) is 18.5. The molecule has 2 aromatic rings. The molecule has 0 aromatic heterocycles. The van der Waals surface area contributed by atoms with Gasteiger partial charge in [-0.15, -0.1) is 0 Å². The molecule has 3 rings (SSSR count). The molecular weight excluding hydrogens is 435 g/mol. The highest BCUT2D eigenvalue weighted by Gasteiger charge is 2.33. The number of carbonyl (C=O) groups is 1. The second-order valence-electron chi connectivity index (χ2n) is 6.86. The second kappa shape index (κ2) is 8.92. The van der Waals surface area contributed by atoms with E-state index in [1.807, 2.05) is 25.1 Å². The Morgan fingerprint density at radius 3 is 2.38 bits per heavy atom. The van der Waals surface area contributed by atoms with Crippen molar-refractivity contribution in [2.75, 3.05) is 26.2 Å². The van der Waals surface area contributed by atoms with Crippen LogP contribution in [0.25, 0.3) is 0 Å². The molecule has 0 N–H and O–H groups in total. The zero-order valence-electron chi connectivity index (χ0n) is 16.1. The summed E-state index contributed by atoms with van der Waals surface area (Å²) in [5, 5.41) is 0.191. The fourth-order valence-electron chi connectivity index (χ4n) is 3.17. The van der Waals surface area contributed by atoms with Crippen LogP contribution in [0.4, 0.5) is 0 Å². The normalized spacial score (nSPS) is 16.5. The maximum Gasteiger partial charge on any atom is 0.263 e. The van der Waals surface area contributed by atoms with Gasteiger partial charge in [0, 0.05) is 26.2 Å². The fraction of sp³-hybridized carbons (Fsp3) is 0.350. The minimum Gasteiger partial charge on any atom is -0.481 e. The van der Waals surface area contributed by atoms with Gasteiger partial charge in [0.1, 0.15) is 10.6 Å². The van der Waals surface area contributed by atoms with Gasteiger partial charge in [0.15, 0.2) is 6.10 Å². The number of carbonyl (C=O) groups excluding carboxylic acids is 1. The van der Waals surface area contributed by atoms with Crippen LogP contribution in [0.2, 0.25) is 10.0 Å². The van der Waals surface area contributed by atoms with Gasteiger partial charge < -0.3 is 9.64 Å². The van der Waals surface area contributed by atoms with E-state index in [2.05, 4.69) is 0 Å². The summed E-state index contributed by atoms with van der Waals surface area (Å²) >= 11 is 12.0. The molecule has 0 aliphatic carbocycles. The summed E-state index contributed by atoms with van der Waals surface area (Å²) < 4.78 is 32.9. The smallest absolute Gasteiger partial charge is 0.263 e. The van der Waals surface area contributed by atoms with E-state index >= 15 is 0 Å². The molecule has 9 heteroatoms. The van der Waals surface area contributed by atoms with E-state index in [-0.39, 0.29) is 47.0 Å². The molecular formula is C20H22Cl2N2O4S. The average molecular weight is 457 g/mol. The first-order valence-corrected chi connectivity index (χ1v) is 11.4. The van der Waals surface area contributed by atoms with E-state index in [4.69, 9.17) is 27.9 Å². The minimum absolute atomic E-state index is 0.00727. The number of piperazine rings is 1. The maximum atomic E-state index is 12.9. The number of amides is 1. The first kappa shape index (κ1) is 21.9. The monoisotopic (exact) mass is 456 g/mol. The molecule has 1 aliphatic heterocycles. The lowest BCUT2D eigenvalue weighted by molar-refractivity contribution is -0.139. The molecule has 0 bridgehead atoms. The molecule has 1 fully saturated rings. The highest BCUT2D eigenvalue weighted by atomic mass is 35.5. The first-order valence-electron chi connectivity index (χ1n) is 9.16. The van der Waals surface area contributed by atoms with E-state index in [0.29, 0.717) is 5.75 Å². The van der Waals surface area contributed by atoms with Crippen LogP contribution in [0.5, 0.6) is 5.75 Å². The highest BCUT2D eigenvalue weighted by Crippen LogP contribution is 2.31. The molecule has 1 aliphatic rings. The number of nitrogens with zero attached hydrogens (tertiary/aromatic N) is 2. The first-order chi connectivity index (χ1) is 13.7. The predicted molar refractivity (Wildman–Crippen MR) is 113 cm³/mol. The summed E-state index contributed by atoms with van der Waals surface area (Å²) in [5.74, 6) is 0.451. The molecule has 1 amide bonds. The molecule has 156 valence electrons. The summed E-state index contributed by atoms with van der Waals surface area (Å²) in [6.45, 7) is 4.54. The van der Waals surface area contributed by atoms with E-state index in [0.717, 1.165) is 5.56 Å². The van der Waals surface area contributed by atoms with E-state index in [9.17, 15) is 13.2 Å². The molecule has 6 nitrogen and oxygen atoms in total. The lowest BCUT2D eigenvalue weighted by Crippen LogP contribution is -2.53. The van der Waals surface area contributed by atoms with Crippen molar-refractivity contribution in [3.05, 3.63) is 58.1 Å². The number of hydrogen-bond acceptors (Lipinski definition) is 4. The van der Waals surface area contributed by atoms with Crippen LogP contribution in [0.3, 0.4) is 0 Å². The standard InChI is InChI=1S/C20H22Cl2N2O4S/c1-14-5-3-6-16(13-14)28-15(2)20(25)23-9-11-24(12-10-23)29(26,27)18-8-4-7-17(21)19(18)22/h3-8,13,15H,9-12H2,1-2H3. The average Bonchev–Trinajstić information content (AvgIpc) is 2.69. The van der Waals surface area contributed by atoms with Crippen molar-refractivity contribution in [2.45, 2.75) is 24.8 Å². The number of ether oxygens (including phenoxy) is 1. The summed E-state index contributed by atoms with van der Waals surface area (Å²) in [4.78, 5) is 14.3. The van der Waals surface area contributed by atoms with Crippen LogP contribution >= 0.6 is 23.2 Å². The third-order valence-electron chi connectivity index (χ3n) is 4.73. The molecule has 1 heterocycles. The number of aryl methyl sites for hydroxylation is 1. The maximum absolute atomic E-state index is 12.9. The number of benzene rings is 2. The highest BCUT2D eigenvalue weighted by molar-refractivity contribution is 7.89. The Balaban J connectivity index is 1.63. The van der Waals surface area contributed by atoms with Crippen LogP contribution in [0.15, 0.2) is 47.4 Å². The summed E-state index contributed by atoms with van der Waals surface area (Å²) in [7, 11) is -3.79. The van der Waals surface area contributed by atoms with Gasteiger partial charge in [0.05, 0.1) is 10.0 Å². The SMILES string of the molecule is Cc1cccc(OC(C)C(=O)N2CCN(S(=O)(=O)c3cccc(Cl)c3Cl)CC2)c1. The second-order valence-corrected chi connectivity index (χ2v) is 9.55. The predicted octanol–water partition coefficient (Wildman–Crippen LogP) is 3.60. The Kier molecular flexibility index (Phi) is 6.73. The van der Waals surface area contributed by atoms with Crippen molar-refractivity contribution in [2.24, 2.45) is 0 Å². The quantitative estimate of drug-likeness (QED) is 0.688. The van der Waals surface area contributed by atoms with Gasteiger partial charge >= 0.3 is 0 Å². The molecule has 1 atom stereocenters. The van der Waals surface area contributed by atoms with Gasteiger partial charge in [-0.05, 0) is 43.7 Å². The lowest BCUT2D eigenvalue weighted by atomic mass is 10.2. The van der Waals surface area contributed by atoms with Crippen LogP contribution in [-0.2, 0) is 14.8 Å². The molecule has 0 radical (unpaired) electrons. The Hall–Kier alpha value is -1.80. The number of rotatable bonds is 5. The lowest BCUT2D eigenvalue weighted by Gasteiger charge is -2.35. The Morgan fingerprint density at radius 2 is 1.72 bits per heavy atom. The molecule has 0 spiro atoms. The van der Waals surface area contributed by atoms with Crippen molar-refractivity contribution >= 4 is 39.1 Å². The van der Waals surface area contributed by atoms with Gasteiger partial charge in [-0.1, -0.05) is 41.4 Å². The summed E-state index contributed by atoms with van der Waals surface area (Å²) in [5.41, 5.74) is 1.04. The number of hydrogen-bond donors (Lipinski definition) is 0. The summed E-state index contributed by atoms with van der Waals surface area (Å²) in [6.07, 6.45) is -0.665. The van der Waals surface area contributed by atoms with Crippen molar-refractivity contribution in [3.8, 4) is 5.75 Å². The molecule has 29 heavy (non-hydrogen) atoms. The Bertz CT molecular complexity index is 1010. The topological polar surface area (TPSA) is 66.9 Å². The van der Waals surface area contributed by atoms with Gasteiger partial charge in [0.25, 0.3) is 5.91 Å². The molecule has 1 saturated heterocycles. The Morgan fingerprint density at radius 1 is 1.07 bits per heavy atom. The number of sulfonamides is 1. The van der Waals surface area contributed by atoms with Crippen LogP contribution in [0, 0.1) is 6.92 Å². The van der Waals surface area contributed by atoms with Gasteiger partial charge in [0.2, 0.25) is 10.0 Å². The van der Waals surface area contributed by atoms with Gasteiger partial charge in [-0.25, -0.2) is 8.42 Å². The molecule has 0 saturated carbocycles. The van der Waals surface area contributed by atoms with Crippen molar-refractivity contribution in [1.82, 2.24) is 9.21 Å². The van der Waals surface area contributed by atoms with E-state index in [1.165, 1.54) is 16.4 Å². The van der Waals surface area contributed by atoms with Crippen molar-refractivity contribution in [1.29, 1.82) is 0 Å². The zero-order chi connectivity index (χ0) is 21.2. The molecule has 1 unspecified atom stereocenters. The summed E-state index contributed by atoms with van der Waals surface area (Å²) in [6, 6.07) is 12.0. The minimum atomic E-state index is -3.79. The largest absolute Gasteiger partial charge is 0.481 e. The molecule has 2 aromatic carbocycles. The fourth-order valence-corrected chi connectivity index (χ4v) is 5.33. The van der Waals surface area contributed by atoms with Gasteiger partial charge in [-0.3, -0.25) is 4.79 Å². The van der Waals surface area contributed by atoms with Crippen molar-refractivity contribution < 1.29 is 17.9 Å². The van der Waals surface area contributed by atoms with Crippen LogP contribution < -0.4 is 4.74 Å².